The molecule has 2 N–H and O–H groups in total. The van der Waals surface area contributed by atoms with Crippen LogP contribution in [0.15, 0.2) is 24.3 Å². The van der Waals surface area contributed by atoms with Crippen LogP contribution in [0.4, 0.5) is 10.5 Å². The fraction of sp³-hybridized carbons (Fsp3) is 0.300. The molecule has 0 heterocycles. The highest BCUT2D eigenvalue weighted by Gasteiger charge is 2.03. The number of carbonyl (C=O) groups is 1. The van der Waals surface area contributed by atoms with Gasteiger partial charge in [-0.15, -0.1) is 0 Å². The van der Waals surface area contributed by atoms with Gasteiger partial charge in [0.25, 0.3) is 5.69 Å². The third kappa shape index (κ3) is 3.95. The summed E-state index contributed by atoms with van der Waals surface area (Å²) >= 11 is 0. The predicted octanol–water partition coefficient (Wildman–Crippen LogP) is 1.62. The van der Waals surface area contributed by atoms with E-state index < -0.39 is 11.0 Å². The molecule has 0 aliphatic carbocycles. The topological polar surface area (TPSA) is 95.5 Å². The summed E-state index contributed by atoms with van der Waals surface area (Å²) in [7, 11) is 0. The number of carbonyl (C=O) groups excluding carboxylic acids is 1. The second-order valence-corrected chi connectivity index (χ2v) is 3.19. The summed E-state index contributed by atoms with van der Waals surface area (Å²) in [4.78, 5) is 20.2. The molecule has 86 valence electrons. The Morgan fingerprint density at radius 3 is 2.50 bits per heavy atom. The van der Waals surface area contributed by atoms with E-state index in [2.05, 4.69) is 4.74 Å². The minimum absolute atomic E-state index is 0.0668. The Kier molecular flexibility index (Phi) is 4.26. The molecule has 1 rings (SSSR count). The molecule has 0 atom stereocenters. The molecular formula is C10H12N2O4. The Labute approximate surface area is 92.2 Å². The first-order chi connectivity index (χ1) is 7.59. The molecule has 0 unspecified atom stereocenters. The molecule has 0 aromatic heterocycles. The molecule has 0 radical (unpaired) electrons. The number of hydrogen-bond acceptors (Lipinski definition) is 4. The maximum atomic E-state index is 10.4. The van der Waals surface area contributed by atoms with Crippen molar-refractivity contribution in [2.45, 2.75) is 12.8 Å². The molecular weight excluding hydrogens is 212 g/mol. The van der Waals surface area contributed by atoms with Gasteiger partial charge in [0, 0.05) is 12.1 Å². The molecule has 16 heavy (non-hydrogen) atoms. The number of amides is 1. The van der Waals surface area contributed by atoms with Crippen molar-refractivity contribution in [3.63, 3.8) is 0 Å². The molecule has 1 aromatic rings. The van der Waals surface area contributed by atoms with Gasteiger partial charge in [-0.05, 0) is 18.4 Å². The molecule has 0 aliphatic heterocycles. The molecule has 0 spiro atoms. The lowest BCUT2D eigenvalue weighted by Gasteiger charge is -2.01. The Bertz CT molecular complexity index is 375. The van der Waals surface area contributed by atoms with Crippen LogP contribution < -0.4 is 5.73 Å². The minimum atomic E-state index is -0.788. The van der Waals surface area contributed by atoms with Crippen LogP contribution in [0.2, 0.25) is 0 Å². The van der Waals surface area contributed by atoms with Crippen molar-refractivity contribution >= 4 is 11.8 Å². The van der Waals surface area contributed by atoms with Crippen molar-refractivity contribution in [3.8, 4) is 0 Å². The Balaban J connectivity index is 2.38. The van der Waals surface area contributed by atoms with E-state index >= 15 is 0 Å². The van der Waals surface area contributed by atoms with Crippen molar-refractivity contribution in [1.29, 1.82) is 0 Å². The number of hydrogen-bond donors (Lipinski definition) is 1. The average Bonchev–Trinajstić information content (AvgIpc) is 2.25. The van der Waals surface area contributed by atoms with E-state index in [-0.39, 0.29) is 12.3 Å². The van der Waals surface area contributed by atoms with E-state index in [0.29, 0.717) is 12.8 Å². The maximum absolute atomic E-state index is 10.4. The zero-order valence-electron chi connectivity index (χ0n) is 8.59. The Morgan fingerprint density at radius 2 is 2.00 bits per heavy atom. The number of nitro benzene ring substituents is 1. The summed E-state index contributed by atoms with van der Waals surface area (Å²) < 4.78 is 4.56. The third-order valence-corrected chi connectivity index (χ3v) is 2.00. The van der Waals surface area contributed by atoms with Gasteiger partial charge in [-0.3, -0.25) is 10.1 Å². The van der Waals surface area contributed by atoms with Gasteiger partial charge in [-0.25, -0.2) is 4.79 Å². The number of rotatable bonds is 5. The lowest BCUT2D eigenvalue weighted by Crippen LogP contribution is -2.13. The predicted molar refractivity (Wildman–Crippen MR) is 57.0 cm³/mol. The molecule has 1 amide bonds. The third-order valence-electron chi connectivity index (χ3n) is 2.00. The van der Waals surface area contributed by atoms with Crippen molar-refractivity contribution < 1.29 is 14.5 Å². The van der Waals surface area contributed by atoms with Crippen LogP contribution in [0.3, 0.4) is 0 Å². The van der Waals surface area contributed by atoms with E-state index in [1.165, 1.54) is 12.1 Å². The van der Waals surface area contributed by atoms with Crippen molar-refractivity contribution in [3.05, 3.63) is 39.9 Å². The van der Waals surface area contributed by atoms with Crippen LogP contribution in [-0.4, -0.2) is 17.6 Å². The fourth-order valence-electron chi connectivity index (χ4n) is 1.23. The highest BCUT2D eigenvalue weighted by Crippen LogP contribution is 2.12. The van der Waals surface area contributed by atoms with Crippen molar-refractivity contribution in [1.82, 2.24) is 0 Å². The van der Waals surface area contributed by atoms with Crippen LogP contribution >= 0.6 is 0 Å². The molecule has 6 nitrogen and oxygen atoms in total. The number of nitrogens with zero attached hydrogens (tertiary/aromatic N) is 1. The molecule has 0 bridgehead atoms. The smallest absolute Gasteiger partial charge is 0.404 e. The monoisotopic (exact) mass is 224 g/mol. The lowest BCUT2D eigenvalue weighted by atomic mass is 10.1. The van der Waals surface area contributed by atoms with E-state index in [0.717, 1.165) is 5.56 Å². The van der Waals surface area contributed by atoms with Gasteiger partial charge in [0.15, 0.2) is 0 Å². The average molecular weight is 224 g/mol. The lowest BCUT2D eigenvalue weighted by molar-refractivity contribution is -0.384. The van der Waals surface area contributed by atoms with Gasteiger partial charge in [0.05, 0.1) is 11.5 Å². The van der Waals surface area contributed by atoms with Crippen LogP contribution in [0.25, 0.3) is 0 Å². The van der Waals surface area contributed by atoms with Crippen molar-refractivity contribution in [2.24, 2.45) is 5.73 Å². The van der Waals surface area contributed by atoms with Crippen molar-refractivity contribution in [2.75, 3.05) is 6.61 Å². The molecule has 6 heteroatoms. The van der Waals surface area contributed by atoms with E-state index in [1.54, 1.807) is 12.1 Å². The van der Waals surface area contributed by atoms with Gasteiger partial charge in [0.2, 0.25) is 0 Å². The number of non-ortho nitro benzene ring substituents is 1. The minimum Gasteiger partial charge on any atom is -0.450 e. The standard InChI is InChI=1S/C10H12N2O4/c11-10(13)16-7-1-2-8-3-5-9(6-4-8)12(14)15/h3-6H,1-2,7H2,(H2,11,13). The van der Waals surface area contributed by atoms with E-state index in [9.17, 15) is 14.9 Å². The molecule has 0 aliphatic rings. The second-order valence-electron chi connectivity index (χ2n) is 3.19. The highest BCUT2D eigenvalue weighted by molar-refractivity contribution is 5.64. The SMILES string of the molecule is NC(=O)OCCCc1ccc([N+](=O)[O-])cc1. The van der Waals surface area contributed by atoms with Gasteiger partial charge < -0.3 is 10.5 Å². The first-order valence-corrected chi connectivity index (χ1v) is 4.75. The van der Waals surface area contributed by atoms with Crippen LogP contribution in [-0.2, 0) is 11.2 Å². The van der Waals surface area contributed by atoms with Gasteiger partial charge in [-0.1, -0.05) is 12.1 Å². The molecule has 1 aromatic carbocycles. The summed E-state index contributed by atoms with van der Waals surface area (Å²) in [5, 5.41) is 10.4. The quantitative estimate of drug-likeness (QED) is 0.467. The van der Waals surface area contributed by atoms with Gasteiger partial charge in [-0.2, -0.15) is 0 Å². The Hall–Kier alpha value is -2.11. The van der Waals surface area contributed by atoms with Crippen LogP contribution in [0, 0.1) is 10.1 Å². The Morgan fingerprint density at radius 1 is 1.38 bits per heavy atom. The first-order valence-electron chi connectivity index (χ1n) is 4.75. The number of benzene rings is 1. The zero-order chi connectivity index (χ0) is 12.0. The number of ether oxygens (including phenoxy) is 1. The first kappa shape index (κ1) is 12.0. The van der Waals surface area contributed by atoms with Crippen LogP contribution in [0.5, 0.6) is 0 Å². The summed E-state index contributed by atoms with van der Waals surface area (Å²) in [6.07, 6.45) is 0.537. The fourth-order valence-corrected chi connectivity index (χ4v) is 1.23. The number of nitrogens with two attached hydrogens (primary N) is 1. The largest absolute Gasteiger partial charge is 0.450 e. The number of primary amides is 1. The summed E-state index contributed by atoms with van der Waals surface area (Å²) in [6, 6.07) is 6.26. The van der Waals surface area contributed by atoms with E-state index in [1.807, 2.05) is 0 Å². The number of nitro groups is 1. The van der Waals surface area contributed by atoms with E-state index in [4.69, 9.17) is 5.73 Å². The zero-order valence-corrected chi connectivity index (χ0v) is 8.59. The second kappa shape index (κ2) is 5.69. The van der Waals surface area contributed by atoms with Crippen LogP contribution in [0.1, 0.15) is 12.0 Å². The molecule has 0 saturated heterocycles. The molecule has 0 fully saturated rings. The summed E-state index contributed by atoms with van der Waals surface area (Å²) in [5.41, 5.74) is 5.81. The number of aryl methyl sites for hydroxylation is 1. The van der Waals surface area contributed by atoms with Gasteiger partial charge in [0.1, 0.15) is 0 Å². The summed E-state index contributed by atoms with van der Waals surface area (Å²) in [6.45, 7) is 0.256. The maximum Gasteiger partial charge on any atom is 0.404 e. The van der Waals surface area contributed by atoms with Gasteiger partial charge >= 0.3 is 6.09 Å². The normalized spacial score (nSPS) is 9.75. The molecule has 0 saturated carbocycles. The highest BCUT2D eigenvalue weighted by atomic mass is 16.6. The summed E-state index contributed by atoms with van der Waals surface area (Å²) in [5.74, 6) is 0.